The molecule has 1 aromatic carbocycles. The number of rotatable bonds is 4. The Kier molecular flexibility index (Phi) is 5.00. The maximum Gasteiger partial charge on any atom is 0.264 e. The van der Waals surface area contributed by atoms with Gasteiger partial charge in [-0.2, -0.15) is 5.10 Å². The van der Waals surface area contributed by atoms with Crippen molar-refractivity contribution < 1.29 is 4.79 Å². The van der Waals surface area contributed by atoms with Gasteiger partial charge < -0.3 is 5.32 Å². The van der Waals surface area contributed by atoms with E-state index in [0.29, 0.717) is 11.0 Å². The molecule has 1 saturated carbocycles. The number of benzene rings is 1. The number of carbonyl (C=O) groups excluding carboxylic acids is 1. The van der Waals surface area contributed by atoms with E-state index in [1.807, 2.05) is 30.3 Å². The van der Waals surface area contributed by atoms with E-state index >= 15 is 0 Å². The molecule has 0 spiro atoms. The third-order valence-corrected chi connectivity index (χ3v) is 5.09. The molecular weight excluding hydrogens is 342 g/mol. The highest BCUT2D eigenvalue weighted by Gasteiger charge is 2.17. The fraction of sp³-hybridized carbons (Fsp3) is 0.400. The van der Waals surface area contributed by atoms with Crippen molar-refractivity contribution in [3.05, 3.63) is 53.2 Å². The summed E-state index contributed by atoms with van der Waals surface area (Å²) in [4.78, 5) is 29.5. The molecular formula is C20H23N5O2. The molecule has 0 saturated heterocycles. The minimum Gasteiger partial charge on any atom is -0.352 e. The molecule has 1 N–H and O–H groups in total. The third-order valence-electron chi connectivity index (χ3n) is 5.09. The van der Waals surface area contributed by atoms with Crippen LogP contribution >= 0.6 is 0 Å². The molecule has 3 aromatic rings. The Hall–Kier alpha value is -2.96. The molecule has 1 amide bonds. The van der Waals surface area contributed by atoms with Gasteiger partial charge in [0.1, 0.15) is 18.3 Å². The van der Waals surface area contributed by atoms with E-state index in [4.69, 9.17) is 0 Å². The first-order valence-corrected chi connectivity index (χ1v) is 9.50. The number of amides is 1. The zero-order chi connectivity index (χ0) is 18.6. The normalized spacial score (nSPS) is 15.6. The van der Waals surface area contributed by atoms with E-state index in [0.717, 1.165) is 31.4 Å². The van der Waals surface area contributed by atoms with Crippen LogP contribution in [0.1, 0.15) is 38.5 Å². The third kappa shape index (κ3) is 3.77. The predicted molar refractivity (Wildman–Crippen MR) is 103 cm³/mol. The van der Waals surface area contributed by atoms with E-state index in [2.05, 4.69) is 15.4 Å². The smallest absolute Gasteiger partial charge is 0.264 e. The van der Waals surface area contributed by atoms with Gasteiger partial charge in [-0.3, -0.25) is 14.2 Å². The first-order chi connectivity index (χ1) is 13.2. The van der Waals surface area contributed by atoms with Crippen LogP contribution in [0.4, 0.5) is 0 Å². The Morgan fingerprint density at radius 1 is 1.11 bits per heavy atom. The fourth-order valence-electron chi connectivity index (χ4n) is 3.67. The maximum absolute atomic E-state index is 12.7. The molecule has 1 aliphatic carbocycles. The fourth-order valence-corrected chi connectivity index (χ4v) is 3.67. The molecule has 0 radical (unpaired) electrons. The van der Waals surface area contributed by atoms with Gasteiger partial charge in [0.05, 0.1) is 11.9 Å². The first kappa shape index (κ1) is 17.5. The number of para-hydroxylation sites is 1. The number of fused-ring (bicyclic) bond motifs is 1. The van der Waals surface area contributed by atoms with Crippen LogP contribution in [0.25, 0.3) is 16.7 Å². The van der Waals surface area contributed by atoms with E-state index < -0.39 is 0 Å². The summed E-state index contributed by atoms with van der Waals surface area (Å²) >= 11 is 0. The molecule has 27 heavy (non-hydrogen) atoms. The van der Waals surface area contributed by atoms with E-state index in [-0.39, 0.29) is 24.1 Å². The van der Waals surface area contributed by atoms with Gasteiger partial charge in [-0.25, -0.2) is 9.67 Å². The zero-order valence-electron chi connectivity index (χ0n) is 15.2. The molecule has 1 aliphatic rings. The Bertz CT molecular complexity index is 985. The Balaban J connectivity index is 1.54. The van der Waals surface area contributed by atoms with Gasteiger partial charge in [-0.05, 0) is 25.0 Å². The number of nitrogens with one attached hydrogen (secondary N) is 1. The Labute approximate surface area is 157 Å². The van der Waals surface area contributed by atoms with Gasteiger partial charge in [0.15, 0.2) is 5.65 Å². The highest BCUT2D eigenvalue weighted by atomic mass is 16.2. The van der Waals surface area contributed by atoms with Crippen LogP contribution in [-0.2, 0) is 11.3 Å². The average Bonchev–Trinajstić information content (AvgIpc) is 2.96. The minimum atomic E-state index is -0.252. The van der Waals surface area contributed by atoms with Crippen molar-refractivity contribution in [2.75, 3.05) is 0 Å². The molecule has 0 unspecified atom stereocenters. The quantitative estimate of drug-likeness (QED) is 0.720. The van der Waals surface area contributed by atoms with Crippen LogP contribution in [0.15, 0.2) is 47.7 Å². The topological polar surface area (TPSA) is 81.8 Å². The number of hydrogen-bond donors (Lipinski definition) is 1. The van der Waals surface area contributed by atoms with Crippen molar-refractivity contribution in [3.63, 3.8) is 0 Å². The lowest BCUT2D eigenvalue weighted by Gasteiger charge is -2.16. The summed E-state index contributed by atoms with van der Waals surface area (Å²) < 4.78 is 2.98. The molecule has 7 nitrogen and oxygen atoms in total. The molecule has 4 rings (SSSR count). The summed E-state index contributed by atoms with van der Waals surface area (Å²) in [5.74, 6) is -0.138. The summed E-state index contributed by atoms with van der Waals surface area (Å²) in [5.41, 5.74) is 1.08. The summed E-state index contributed by atoms with van der Waals surface area (Å²) in [6, 6.07) is 9.75. The molecule has 2 heterocycles. The molecule has 0 bridgehead atoms. The first-order valence-electron chi connectivity index (χ1n) is 9.50. The van der Waals surface area contributed by atoms with Gasteiger partial charge in [0.25, 0.3) is 5.56 Å². The van der Waals surface area contributed by atoms with E-state index in [9.17, 15) is 9.59 Å². The highest BCUT2D eigenvalue weighted by molar-refractivity contribution is 5.78. The van der Waals surface area contributed by atoms with Crippen LogP contribution in [0.3, 0.4) is 0 Å². The van der Waals surface area contributed by atoms with Crippen LogP contribution in [0, 0.1) is 0 Å². The van der Waals surface area contributed by atoms with Crippen LogP contribution in [-0.4, -0.2) is 31.3 Å². The van der Waals surface area contributed by atoms with Crippen LogP contribution < -0.4 is 10.9 Å². The highest BCUT2D eigenvalue weighted by Crippen LogP contribution is 2.17. The number of hydrogen-bond acceptors (Lipinski definition) is 4. The van der Waals surface area contributed by atoms with Crippen molar-refractivity contribution in [3.8, 4) is 5.69 Å². The second-order valence-corrected chi connectivity index (χ2v) is 7.06. The van der Waals surface area contributed by atoms with Gasteiger partial charge in [0, 0.05) is 6.04 Å². The van der Waals surface area contributed by atoms with Crippen molar-refractivity contribution >= 4 is 16.9 Å². The number of carbonyl (C=O) groups is 1. The van der Waals surface area contributed by atoms with Crippen LogP contribution in [0.2, 0.25) is 0 Å². The molecule has 0 atom stereocenters. The largest absolute Gasteiger partial charge is 0.352 e. The summed E-state index contributed by atoms with van der Waals surface area (Å²) in [7, 11) is 0. The lowest BCUT2D eigenvalue weighted by atomic mass is 10.1. The molecule has 1 fully saturated rings. The zero-order valence-corrected chi connectivity index (χ0v) is 15.2. The van der Waals surface area contributed by atoms with Crippen molar-refractivity contribution in [1.29, 1.82) is 0 Å². The average molecular weight is 365 g/mol. The number of nitrogens with zero attached hydrogens (tertiary/aromatic N) is 4. The standard InChI is InChI=1S/C20H23N5O2/c26-18(23-15-8-4-1-2-5-9-15)13-24-14-21-19-17(20(24)27)12-22-25(19)16-10-6-3-7-11-16/h3,6-7,10-12,14-15H,1-2,4-5,8-9,13H2,(H,23,26). The van der Waals surface area contributed by atoms with Crippen molar-refractivity contribution in [2.45, 2.75) is 51.1 Å². The van der Waals surface area contributed by atoms with Gasteiger partial charge >= 0.3 is 0 Å². The SMILES string of the molecule is O=C(Cn1cnc2c(cnn2-c2ccccc2)c1=O)NC1CCCCCC1. The van der Waals surface area contributed by atoms with Crippen molar-refractivity contribution in [1.82, 2.24) is 24.6 Å². The predicted octanol–water partition coefficient (Wildman–Crippen LogP) is 2.42. The second-order valence-electron chi connectivity index (χ2n) is 7.06. The lowest BCUT2D eigenvalue weighted by molar-refractivity contribution is -0.122. The summed E-state index contributed by atoms with van der Waals surface area (Å²) in [6.45, 7) is -0.0191. The molecule has 2 aromatic heterocycles. The summed E-state index contributed by atoms with van der Waals surface area (Å²) in [5, 5.41) is 7.76. The maximum atomic E-state index is 12.7. The monoisotopic (exact) mass is 365 g/mol. The summed E-state index contributed by atoms with van der Waals surface area (Å²) in [6.07, 6.45) is 9.74. The van der Waals surface area contributed by atoms with E-state index in [1.54, 1.807) is 4.68 Å². The van der Waals surface area contributed by atoms with Crippen molar-refractivity contribution in [2.24, 2.45) is 0 Å². The van der Waals surface area contributed by atoms with Gasteiger partial charge in [0.2, 0.25) is 5.91 Å². The molecule has 140 valence electrons. The van der Waals surface area contributed by atoms with Gasteiger partial charge in [-0.1, -0.05) is 43.9 Å². The Morgan fingerprint density at radius 3 is 2.59 bits per heavy atom. The Morgan fingerprint density at radius 2 is 1.85 bits per heavy atom. The number of aromatic nitrogens is 4. The van der Waals surface area contributed by atoms with Crippen LogP contribution in [0.5, 0.6) is 0 Å². The van der Waals surface area contributed by atoms with E-state index in [1.165, 1.54) is 29.9 Å². The molecule has 7 heteroatoms. The molecule has 0 aliphatic heterocycles. The lowest BCUT2D eigenvalue weighted by Crippen LogP contribution is -2.38. The van der Waals surface area contributed by atoms with Gasteiger partial charge in [-0.15, -0.1) is 0 Å². The second kappa shape index (κ2) is 7.73. The minimum absolute atomic E-state index is 0.0191.